The van der Waals surface area contributed by atoms with Crippen molar-refractivity contribution in [1.29, 1.82) is 5.26 Å². The maximum Gasteiger partial charge on any atom is 0.339 e. The fraction of sp³-hybridized carbons (Fsp3) is 0.200. The lowest BCUT2D eigenvalue weighted by atomic mass is 10.1. The maximum absolute atomic E-state index is 11.3. The van der Waals surface area contributed by atoms with Crippen LogP contribution >= 0.6 is 28.6 Å². The largest absolute Gasteiger partial charge is 0.465 e. The lowest BCUT2D eigenvalue weighted by Gasteiger charge is -2.06. The Balaban J connectivity index is 3.35. The van der Waals surface area contributed by atoms with Crippen LogP contribution in [0.15, 0.2) is 17.0 Å². The van der Waals surface area contributed by atoms with Crippen molar-refractivity contribution in [3.8, 4) is 6.07 Å². The van der Waals surface area contributed by atoms with E-state index in [-0.39, 0.29) is 5.56 Å². The van der Waals surface area contributed by atoms with Crippen LogP contribution < -0.4 is 0 Å². The Hall–Kier alpha value is -0.990. The second kappa shape index (κ2) is 5.19. The SMILES string of the molecule is COC(=O)c1cc(S)c(CBr)cc1C#N. The van der Waals surface area contributed by atoms with Gasteiger partial charge in [-0.3, -0.25) is 0 Å². The highest BCUT2D eigenvalue weighted by Crippen LogP contribution is 2.22. The lowest BCUT2D eigenvalue weighted by Crippen LogP contribution is -2.05. The van der Waals surface area contributed by atoms with Crippen LogP contribution in [-0.2, 0) is 10.1 Å². The van der Waals surface area contributed by atoms with Crippen LogP contribution in [0.2, 0.25) is 0 Å². The fourth-order valence-corrected chi connectivity index (χ4v) is 2.06. The number of benzene rings is 1. The van der Waals surface area contributed by atoms with Gasteiger partial charge in [0.2, 0.25) is 0 Å². The molecular weight excluding hydrogens is 278 g/mol. The van der Waals surface area contributed by atoms with Crippen LogP contribution in [0.1, 0.15) is 21.5 Å². The van der Waals surface area contributed by atoms with Crippen molar-refractivity contribution in [2.75, 3.05) is 7.11 Å². The zero-order valence-corrected chi connectivity index (χ0v) is 10.4. The molecule has 0 atom stereocenters. The molecule has 0 radical (unpaired) electrons. The highest BCUT2D eigenvalue weighted by molar-refractivity contribution is 9.08. The molecule has 0 spiro atoms. The highest BCUT2D eigenvalue weighted by Gasteiger charge is 2.14. The number of nitriles is 1. The Kier molecular flexibility index (Phi) is 4.18. The molecule has 15 heavy (non-hydrogen) atoms. The van der Waals surface area contributed by atoms with Gasteiger partial charge in [-0.05, 0) is 17.7 Å². The van der Waals surface area contributed by atoms with Gasteiger partial charge in [0.1, 0.15) is 6.07 Å². The zero-order chi connectivity index (χ0) is 11.4. The third kappa shape index (κ3) is 2.52. The first-order chi connectivity index (χ1) is 7.13. The number of alkyl halides is 1. The molecule has 1 aromatic rings. The van der Waals surface area contributed by atoms with E-state index in [1.165, 1.54) is 7.11 Å². The number of hydrogen-bond donors (Lipinski definition) is 1. The molecule has 0 bridgehead atoms. The third-order valence-corrected chi connectivity index (χ3v) is 2.91. The molecule has 0 aromatic heterocycles. The number of esters is 1. The minimum atomic E-state index is -0.525. The normalized spacial score (nSPS) is 9.47. The molecule has 0 aliphatic carbocycles. The molecule has 78 valence electrons. The molecular formula is C10H8BrNO2S. The Morgan fingerprint density at radius 2 is 2.33 bits per heavy atom. The summed E-state index contributed by atoms with van der Waals surface area (Å²) in [5, 5.41) is 9.46. The van der Waals surface area contributed by atoms with Crippen molar-refractivity contribution < 1.29 is 9.53 Å². The van der Waals surface area contributed by atoms with Crippen molar-refractivity contribution >= 4 is 34.5 Å². The van der Waals surface area contributed by atoms with E-state index in [9.17, 15) is 4.79 Å². The molecule has 0 saturated carbocycles. The Bertz CT molecular complexity index is 440. The summed E-state index contributed by atoms with van der Waals surface area (Å²) in [7, 11) is 1.28. The van der Waals surface area contributed by atoms with Crippen molar-refractivity contribution in [3.63, 3.8) is 0 Å². The summed E-state index contributed by atoms with van der Waals surface area (Å²) in [5.41, 5.74) is 1.41. The van der Waals surface area contributed by atoms with Crippen LogP contribution in [-0.4, -0.2) is 13.1 Å². The number of rotatable bonds is 2. The number of thiol groups is 1. The quantitative estimate of drug-likeness (QED) is 0.516. The van der Waals surface area contributed by atoms with Crippen LogP contribution in [0.25, 0.3) is 0 Å². The lowest BCUT2D eigenvalue weighted by molar-refractivity contribution is 0.0600. The van der Waals surface area contributed by atoms with E-state index in [4.69, 9.17) is 5.26 Å². The predicted octanol–water partition coefficient (Wildman–Crippen LogP) is 2.53. The molecule has 0 unspecified atom stereocenters. The molecule has 0 heterocycles. The van der Waals surface area contributed by atoms with Gasteiger partial charge in [0.25, 0.3) is 0 Å². The summed E-state index contributed by atoms with van der Waals surface area (Å²) < 4.78 is 4.57. The Morgan fingerprint density at radius 3 is 2.80 bits per heavy atom. The van der Waals surface area contributed by atoms with Gasteiger partial charge in [0, 0.05) is 10.2 Å². The maximum atomic E-state index is 11.3. The summed E-state index contributed by atoms with van der Waals surface area (Å²) in [6.45, 7) is 0. The van der Waals surface area contributed by atoms with Crippen molar-refractivity contribution in [1.82, 2.24) is 0 Å². The monoisotopic (exact) mass is 285 g/mol. The summed E-state index contributed by atoms with van der Waals surface area (Å²) in [6.07, 6.45) is 0. The van der Waals surface area contributed by atoms with E-state index >= 15 is 0 Å². The van der Waals surface area contributed by atoms with E-state index in [0.717, 1.165) is 5.56 Å². The van der Waals surface area contributed by atoms with Crippen LogP contribution in [0, 0.1) is 11.3 Å². The predicted molar refractivity (Wildman–Crippen MR) is 62.4 cm³/mol. The van der Waals surface area contributed by atoms with Gasteiger partial charge in [0.15, 0.2) is 0 Å². The van der Waals surface area contributed by atoms with Gasteiger partial charge in [0.05, 0.1) is 18.2 Å². The van der Waals surface area contributed by atoms with Crippen molar-refractivity contribution in [3.05, 3.63) is 28.8 Å². The van der Waals surface area contributed by atoms with E-state index in [1.807, 2.05) is 6.07 Å². The van der Waals surface area contributed by atoms with Crippen molar-refractivity contribution in [2.24, 2.45) is 0 Å². The van der Waals surface area contributed by atoms with Crippen LogP contribution in [0.3, 0.4) is 0 Å². The first-order valence-electron chi connectivity index (χ1n) is 4.04. The van der Waals surface area contributed by atoms with Gasteiger partial charge in [-0.25, -0.2) is 4.79 Å². The van der Waals surface area contributed by atoms with Gasteiger partial charge in [-0.15, -0.1) is 12.6 Å². The van der Waals surface area contributed by atoms with E-state index in [2.05, 4.69) is 33.3 Å². The molecule has 0 N–H and O–H groups in total. The van der Waals surface area contributed by atoms with Gasteiger partial charge >= 0.3 is 5.97 Å². The zero-order valence-electron chi connectivity index (χ0n) is 7.95. The molecule has 0 amide bonds. The van der Waals surface area contributed by atoms with Crippen LogP contribution in [0.5, 0.6) is 0 Å². The third-order valence-electron chi connectivity index (χ3n) is 1.89. The van der Waals surface area contributed by atoms with Gasteiger partial charge in [-0.2, -0.15) is 5.26 Å². The number of carbonyl (C=O) groups excluding carboxylic acids is 1. The number of nitrogens with zero attached hydrogens (tertiary/aromatic N) is 1. The Labute approximate surface area is 102 Å². The van der Waals surface area contributed by atoms with E-state index < -0.39 is 5.97 Å². The molecule has 3 nitrogen and oxygen atoms in total. The minimum absolute atomic E-state index is 0.245. The second-order valence-corrected chi connectivity index (χ2v) is 3.81. The minimum Gasteiger partial charge on any atom is -0.465 e. The standard InChI is InChI=1S/C10H8BrNO2S/c1-14-10(13)8-3-9(15)6(4-11)2-7(8)5-12/h2-3,15H,4H2,1H3. The van der Waals surface area contributed by atoms with Crippen molar-refractivity contribution in [2.45, 2.75) is 10.2 Å². The average Bonchev–Trinajstić information content (AvgIpc) is 2.27. The fourth-order valence-electron chi connectivity index (χ4n) is 1.11. The Morgan fingerprint density at radius 1 is 1.67 bits per heavy atom. The molecule has 0 saturated heterocycles. The van der Waals surface area contributed by atoms with E-state index in [0.29, 0.717) is 15.8 Å². The molecule has 0 fully saturated rings. The number of hydrogen-bond acceptors (Lipinski definition) is 4. The number of halogens is 1. The molecule has 1 rings (SSSR count). The molecule has 5 heteroatoms. The number of ether oxygens (including phenoxy) is 1. The summed E-state index contributed by atoms with van der Waals surface area (Å²) in [5.74, 6) is -0.525. The molecule has 0 aliphatic rings. The summed E-state index contributed by atoms with van der Waals surface area (Å²) >= 11 is 7.50. The summed E-state index contributed by atoms with van der Waals surface area (Å²) in [4.78, 5) is 12.0. The van der Waals surface area contributed by atoms with Gasteiger partial charge in [-0.1, -0.05) is 15.9 Å². The van der Waals surface area contributed by atoms with Gasteiger partial charge < -0.3 is 4.74 Å². The topological polar surface area (TPSA) is 50.1 Å². The number of methoxy groups -OCH3 is 1. The molecule has 0 aliphatic heterocycles. The highest BCUT2D eigenvalue weighted by atomic mass is 79.9. The molecule has 1 aromatic carbocycles. The van der Waals surface area contributed by atoms with E-state index in [1.54, 1.807) is 12.1 Å². The van der Waals surface area contributed by atoms with Crippen LogP contribution in [0.4, 0.5) is 0 Å². The smallest absolute Gasteiger partial charge is 0.339 e. The first kappa shape index (κ1) is 12.1. The second-order valence-electron chi connectivity index (χ2n) is 2.76. The number of carbonyl (C=O) groups is 1. The average molecular weight is 286 g/mol. The summed E-state index contributed by atoms with van der Waals surface area (Å²) in [6, 6.07) is 5.13. The first-order valence-corrected chi connectivity index (χ1v) is 5.61.